The van der Waals surface area contributed by atoms with Crippen LogP contribution in [0.2, 0.25) is 0 Å². The highest BCUT2D eigenvalue weighted by Gasteiger charge is 2.59. The van der Waals surface area contributed by atoms with Crippen molar-refractivity contribution < 1.29 is 42.5 Å². The molecule has 4 heterocycles. The molecule has 10 nitrogen and oxygen atoms in total. The van der Waals surface area contributed by atoms with Gasteiger partial charge in [0.15, 0.2) is 5.76 Å². The summed E-state index contributed by atoms with van der Waals surface area (Å²) in [4.78, 5) is 34.9. The highest BCUT2D eigenvalue weighted by molar-refractivity contribution is 5.99. The molecule has 1 aromatic carbocycles. The Hall–Kier alpha value is -3.74. The molecule has 1 aromatic rings. The fourth-order valence-electron chi connectivity index (χ4n) is 5.04. The summed E-state index contributed by atoms with van der Waals surface area (Å²) in [7, 11) is 0. The fraction of sp³-hybridized carbons (Fsp3) is 0.458. The third-order valence-corrected chi connectivity index (χ3v) is 7.14. The molecule has 0 aromatic heterocycles. The van der Waals surface area contributed by atoms with Gasteiger partial charge in [0.05, 0.1) is 5.57 Å². The van der Waals surface area contributed by atoms with Crippen LogP contribution in [0.15, 0.2) is 40.5 Å². The number of carbonyl (C=O) groups excluding carboxylic acids is 2. The van der Waals surface area contributed by atoms with Gasteiger partial charge in [-0.05, 0) is 18.5 Å². The Morgan fingerprint density at radius 2 is 2.00 bits per heavy atom. The second-order valence-corrected chi connectivity index (χ2v) is 9.36. The Labute approximate surface area is 209 Å². The van der Waals surface area contributed by atoms with Crippen LogP contribution in [-0.2, 0) is 25.7 Å². The van der Waals surface area contributed by atoms with Gasteiger partial charge in [-0.3, -0.25) is 9.59 Å². The largest absolute Gasteiger partial charge is 0.507 e. The van der Waals surface area contributed by atoms with Gasteiger partial charge in [-0.25, -0.2) is 13.2 Å². The molecule has 2 fully saturated rings. The number of aliphatic hydroxyl groups excluding tert-OH is 2. The zero-order valence-corrected chi connectivity index (χ0v) is 20.0. The van der Waals surface area contributed by atoms with Crippen molar-refractivity contribution in [3.63, 3.8) is 0 Å². The molecule has 0 radical (unpaired) electrons. The molecule has 2 saturated heterocycles. The number of nitrogens with one attached hydrogen (secondary N) is 1. The second kappa shape index (κ2) is 8.98. The normalized spacial score (nSPS) is 28.8. The second-order valence-electron chi connectivity index (χ2n) is 9.36. The average molecular weight is 522 g/mol. The van der Waals surface area contributed by atoms with E-state index in [2.05, 4.69) is 10.5 Å². The van der Waals surface area contributed by atoms with Crippen molar-refractivity contribution in [1.29, 1.82) is 0 Å². The van der Waals surface area contributed by atoms with Gasteiger partial charge in [0.1, 0.15) is 35.3 Å². The Bertz CT molecular complexity index is 1240. The van der Waals surface area contributed by atoms with Crippen LogP contribution >= 0.6 is 0 Å². The van der Waals surface area contributed by atoms with Gasteiger partial charge in [-0.2, -0.15) is 0 Å². The van der Waals surface area contributed by atoms with Crippen molar-refractivity contribution in [3.05, 3.63) is 58.4 Å². The number of carbonyl (C=O) groups is 2. The Morgan fingerprint density at radius 1 is 1.30 bits per heavy atom. The maximum Gasteiger partial charge on any atom is 0.299 e. The molecule has 2 amide bonds. The number of amides is 2. The topological polar surface area (TPSA) is 124 Å². The number of fused-ring (bicyclic) bond motifs is 5. The minimum atomic E-state index is -1.89. The molecule has 0 saturated carbocycles. The molecule has 2 bridgehead atoms. The number of hydrogen-bond acceptors (Lipinski definition) is 8. The lowest BCUT2D eigenvalue weighted by Crippen LogP contribution is -2.63. The SMILES string of the molecule is CCC1=NO[C@@]2(CC[C@H](C)N3C[C@H]2N2C=C(C(=O)NCc4c(F)cc(F)cc4F)C(O)C(O)=C2C3=O)O1. The van der Waals surface area contributed by atoms with Crippen LogP contribution in [0.3, 0.4) is 0 Å². The number of ether oxygens (including phenoxy) is 1. The molecule has 1 spiro atoms. The van der Waals surface area contributed by atoms with Gasteiger partial charge >= 0.3 is 0 Å². The minimum Gasteiger partial charge on any atom is -0.507 e. The lowest BCUT2D eigenvalue weighted by atomic mass is 9.94. The van der Waals surface area contributed by atoms with Crippen LogP contribution in [0.1, 0.15) is 38.7 Å². The van der Waals surface area contributed by atoms with Crippen LogP contribution in [0.5, 0.6) is 0 Å². The summed E-state index contributed by atoms with van der Waals surface area (Å²) >= 11 is 0. The third kappa shape index (κ3) is 3.97. The van der Waals surface area contributed by atoms with E-state index in [0.29, 0.717) is 37.3 Å². The molecule has 4 aliphatic heterocycles. The zero-order chi connectivity index (χ0) is 26.6. The van der Waals surface area contributed by atoms with E-state index in [1.54, 1.807) is 4.90 Å². The van der Waals surface area contributed by atoms with Crippen LogP contribution in [0.25, 0.3) is 0 Å². The maximum absolute atomic E-state index is 14.0. The first-order valence-electron chi connectivity index (χ1n) is 11.8. The summed E-state index contributed by atoms with van der Waals surface area (Å²) in [5, 5.41) is 27.9. The number of aliphatic hydroxyl groups is 2. The Kier molecular flexibility index (Phi) is 6.05. The predicted molar refractivity (Wildman–Crippen MR) is 121 cm³/mol. The lowest BCUT2D eigenvalue weighted by molar-refractivity contribution is -0.202. The van der Waals surface area contributed by atoms with E-state index >= 15 is 0 Å². The Morgan fingerprint density at radius 3 is 2.65 bits per heavy atom. The van der Waals surface area contributed by atoms with Crippen LogP contribution in [-0.4, -0.2) is 68.2 Å². The highest BCUT2D eigenvalue weighted by Crippen LogP contribution is 2.44. The summed E-state index contributed by atoms with van der Waals surface area (Å²) in [5.41, 5.74) is -1.20. The summed E-state index contributed by atoms with van der Waals surface area (Å²) in [6.45, 7) is 3.15. The van der Waals surface area contributed by atoms with Crippen LogP contribution in [0.4, 0.5) is 13.2 Å². The van der Waals surface area contributed by atoms with Gasteiger partial charge in [0.25, 0.3) is 17.6 Å². The van der Waals surface area contributed by atoms with Crippen molar-refractivity contribution in [3.8, 4) is 0 Å². The summed E-state index contributed by atoms with van der Waals surface area (Å²) in [5.74, 6) is -6.73. The number of rotatable bonds is 4. The quantitative estimate of drug-likeness (QED) is 0.552. The molecule has 4 atom stereocenters. The van der Waals surface area contributed by atoms with Gasteiger partial charge in [-0.1, -0.05) is 6.92 Å². The number of hydrogen-bond donors (Lipinski definition) is 3. The molecule has 4 aliphatic rings. The molecule has 0 aliphatic carbocycles. The molecule has 198 valence electrons. The number of piperazine rings is 1. The van der Waals surface area contributed by atoms with Crippen molar-refractivity contribution in [1.82, 2.24) is 15.1 Å². The van der Waals surface area contributed by atoms with E-state index in [4.69, 9.17) is 9.57 Å². The summed E-state index contributed by atoms with van der Waals surface area (Å²) in [6, 6.07) is -0.0267. The average Bonchev–Trinajstić information content (AvgIpc) is 3.23. The molecule has 1 unspecified atom stereocenters. The van der Waals surface area contributed by atoms with Crippen molar-refractivity contribution in [2.24, 2.45) is 5.16 Å². The van der Waals surface area contributed by atoms with E-state index in [0.717, 1.165) is 0 Å². The first-order chi connectivity index (χ1) is 17.6. The summed E-state index contributed by atoms with van der Waals surface area (Å²) in [6.07, 6.45) is 0.616. The van der Waals surface area contributed by atoms with Crippen molar-refractivity contribution in [2.45, 2.75) is 63.6 Å². The fourth-order valence-corrected chi connectivity index (χ4v) is 5.04. The molecule has 3 N–H and O–H groups in total. The minimum absolute atomic E-state index is 0.122. The summed E-state index contributed by atoms with van der Waals surface area (Å²) < 4.78 is 47.3. The highest BCUT2D eigenvalue weighted by atomic mass is 19.1. The van der Waals surface area contributed by atoms with Gasteiger partial charge in [-0.15, -0.1) is 0 Å². The maximum atomic E-state index is 14.0. The lowest BCUT2D eigenvalue weighted by Gasteiger charge is -2.47. The number of benzene rings is 1. The molecular formula is C24H25F3N4O6. The van der Waals surface area contributed by atoms with Crippen LogP contribution < -0.4 is 5.32 Å². The van der Waals surface area contributed by atoms with Gasteiger partial charge in [0.2, 0.25) is 5.90 Å². The van der Waals surface area contributed by atoms with Gasteiger partial charge < -0.3 is 34.9 Å². The standard InChI is InChI=1S/C24H25F3N4O6/c1-3-18-29-37-24(36-18)5-4-11(2)30-10-17(24)31-9-14(20(32)21(33)19(31)23(30)35)22(34)28-8-13-15(26)6-12(25)7-16(13)27/h6-7,9,11,17,20,32-33H,3-5,8,10H2,1-2H3,(H,28,34)/t11-,17+,20?,24+/m0/s1. The first-order valence-corrected chi connectivity index (χ1v) is 11.8. The molecule has 37 heavy (non-hydrogen) atoms. The Balaban J connectivity index is 1.48. The number of nitrogens with zero attached hydrogens (tertiary/aromatic N) is 3. The molecular weight excluding hydrogens is 497 g/mol. The third-order valence-electron chi connectivity index (χ3n) is 7.14. The van der Waals surface area contributed by atoms with E-state index in [1.165, 1.54) is 11.1 Å². The van der Waals surface area contributed by atoms with E-state index in [1.807, 2.05) is 13.8 Å². The van der Waals surface area contributed by atoms with Crippen molar-refractivity contribution >= 4 is 17.7 Å². The first kappa shape index (κ1) is 24.9. The number of oxime groups is 1. The molecule has 13 heteroatoms. The molecule has 5 rings (SSSR count). The van der Waals surface area contributed by atoms with Crippen molar-refractivity contribution in [2.75, 3.05) is 6.54 Å². The van der Waals surface area contributed by atoms with E-state index in [9.17, 15) is 33.0 Å². The monoisotopic (exact) mass is 522 g/mol. The van der Waals surface area contributed by atoms with Crippen LogP contribution in [0, 0.1) is 17.5 Å². The zero-order valence-electron chi connectivity index (χ0n) is 20.0. The number of halogens is 3. The predicted octanol–water partition coefficient (Wildman–Crippen LogP) is 1.91. The van der Waals surface area contributed by atoms with Gasteiger partial charge in [0, 0.05) is 55.9 Å². The van der Waals surface area contributed by atoms with E-state index in [-0.39, 0.29) is 23.9 Å². The smallest absolute Gasteiger partial charge is 0.299 e. The van der Waals surface area contributed by atoms with E-state index < -0.39 is 65.1 Å².